The van der Waals surface area contributed by atoms with Crippen LogP contribution in [0.3, 0.4) is 0 Å². The summed E-state index contributed by atoms with van der Waals surface area (Å²) in [6.07, 6.45) is -11.4. The molecule has 0 radical (unpaired) electrons. The highest BCUT2D eigenvalue weighted by atomic mass is 16.7. The summed E-state index contributed by atoms with van der Waals surface area (Å²) in [5.41, 5.74) is -0.971. The first-order chi connectivity index (χ1) is 50.2. The van der Waals surface area contributed by atoms with Gasteiger partial charge < -0.3 is 163 Å². The molecule has 3 aliphatic heterocycles. The molecule has 0 bridgehead atoms. The van der Waals surface area contributed by atoms with Crippen LogP contribution in [-0.4, -0.2) is 341 Å². The van der Waals surface area contributed by atoms with Crippen molar-refractivity contribution in [1.82, 2.24) is 0 Å². The van der Waals surface area contributed by atoms with Crippen molar-refractivity contribution in [3.63, 3.8) is 0 Å². The Morgan fingerprint density at radius 1 is 0.327 bits per heavy atom. The van der Waals surface area contributed by atoms with Crippen LogP contribution >= 0.6 is 0 Å². The van der Waals surface area contributed by atoms with Crippen molar-refractivity contribution in [2.45, 2.75) is 292 Å². The molecule has 3 fully saturated rings. The molecule has 33 heteroatoms. The number of hydrogen-bond donors (Lipinski definition) is 18. The van der Waals surface area contributed by atoms with Crippen molar-refractivity contribution in [2.24, 2.45) is 5.41 Å². The van der Waals surface area contributed by atoms with Crippen molar-refractivity contribution >= 4 is 0 Å². The lowest BCUT2D eigenvalue weighted by Gasteiger charge is -2.46. The lowest BCUT2D eigenvalue weighted by Crippen LogP contribution is -2.62. The maximum atomic E-state index is 10.8. The summed E-state index contributed by atoms with van der Waals surface area (Å²) in [7, 11) is 0. The number of ether oxygens (including phenoxy) is 15. The zero-order chi connectivity index (χ0) is 76.5. The van der Waals surface area contributed by atoms with E-state index in [1.165, 1.54) is 0 Å². The largest absolute Gasteiger partial charge is 0.506 e. The van der Waals surface area contributed by atoms with Gasteiger partial charge in [0.15, 0.2) is 41.9 Å². The summed E-state index contributed by atoms with van der Waals surface area (Å²) in [5.74, 6) is -4.17. The van der Waals surface area contributed by atoms with Crippen LogP contribution in [-0.2, 0) is 71.1 Å². The highest BCUT2D eigenvalue weighted by Gasteiger charge is 2.51. The summed E-state index contributed by atoms with van der Waals surface area (Å²) in [4.78, 5) is 0. The lowest BCUT2D eigenvalue weighted by atomic mass is 9.91. The Bertz CT molecular complexity index is 2090. The molecular formula is C71H134O33. The van der Waals surface area contributed by atoms with Crippen LogP contribution in [0.15, 0.2) is 23.0 Å². The van der Waals surface area contributed by atoms with E-state index in [4.69, 9.17) is 71.1 Å². The van der Waals surface area contributed by atoms with Crippen molar-refractivity contribution in [2.75, 3.05) is 132 Å². The average Bonchev–Trinajstić information content (AvgIpc) is 0.789. The SMILES string of the molecule is CCCCCCCCOCC(COCCCCCCCC)(COCCCCCCCC)CO[C@@H]1OC(COCCCO[C@H](O)/C(O)=C(\O)[C@H](O)CCO)[C@@H](OCCCO[C@H](O)/C(O)=C(\O)[C@H](O)CCO)C(OCCCO[C@@H]2OC(CO)[C@@H](O)C(O)C2O)C1OCCCO[C@@H]1OC(CO)[C@@H](O)[C@H](O)C1O. The van der Waals surface area contributed by atoms with Gasteiger partial charge >= 0.3 is 0 Å². The average molecular weight is 1520 g/mol. The number of rotatable bonds is 65. The molecule has 0 amide bonds. The van der Waals surface area contributed by atoms with Crippen LogP contribution in [0.1, 0.15) is 175 Å². The minimum absolute atomic E-state index is 0.0267. The first kappa shape index (κ1) is 95.7. The first-order valence-electron chi connectivity index (χ1n) is 37.9. The predicted molar refractivity (Wildman–Crippen MR) is 371 cm³/mol. The third-order valence-electron chi connectivity index (χ3n) is 18.1. The van der Waals surface area contributed by atoms with Gasteiger partial charge in [-0.05, 0) is 44.9 Å². The fourth-order valence-corrected chi connectivity index (χ4v) is 11.7. The fourth-order valence-electron chi connectivity index (χ4n) is 11.7. The second-order valence-electron chi connectivity index (χ2n) is 27.0. The van der Waals surface area contributed by atoms with E-state index in [1.807, 2.05) is 0 Å². The molecule has 33 nitrogen and oxygen atoms in total. The smallest absolute Gasteiger partial charge is 0.217 e. The third kappa shape index (κ3) is 36.1. The van der Waals surface area contributed by atoms with Gasteiger partial charge in [-0.2, -0.15) is 0 Å². The van der Waals surface area contributed by atoms with E-state index < -0.39 is 172 Å². The van der Waals surface area contributed by atoms with E-state index in [9.17, 15) is 91.9 Å². The van der Waals surface area contributed by atoms with E-state index in [1.54, 1.807) is 0 Å². The predicted octanol–water partition coefficient (Wildman–Crippen LogP) is 2.02. The number of aliphatic hydroxyl groups excluding tert-OH is 18. The van der Waals surface area contributed by atoms with E-state index >= 15 is 0 Å². The molecule has 3 saturated heterocycles. The van der Waals surface area contributed by atoms with Crippen LogP contribution in [0.5, 0.6) is 0 Å². The second kappa shape index (κ2) is 57.6. The molecule has 0 aromatic heterocycles. The summed E-state index contributed by atoms with van der Waals surface area (Å²) in [6, 6.07) is 0. The zero-order valence-electron chi connectivity index (χ0n) is 61.8. The summed E-state index contributed by atoms with van der Waals surface area (Å²) < 4.78 is 93.9. The molecule has 18 N–H and O–H groups in total. The van der Waals surface area contributed by atoms with Crippen molar-refractivity contribution < 1.29 is 163 Å². The molecule has 3 rings (SSSR count). The van der Waals surface area contributed by atoms with Crippen molar-refractivity contribution in [3.8, 4) is 0 Å². The van der Waals surface area contributed by atoms with Crippen LogP contribution in [0, 0.1) is 5.41 Å². The molecule has 0 aliphatic carbocycles. The molecule has 0 aromatic carbocycles. The van der Waals surface area contributed by atoms with Gasteiger partial charge in [-0.15, -0.1) is 0 Å². The van der Waals surface area contributed by atoms with Gasteiger partial charge in [0, 0.05) is 72.3 Å². The van der Waals surface area contributed by atoms with Crippen LogP contribution in [0.4, 0.5) is 0 Å². The first-order valence-corrected chi connectivity index (χ1v) is 37.9. The molecule has 616 valence electrons. The van der Waals surface area contributed by atoms with E-state index in [0.29, 0.717) is 19.8 Å². The van der Waals surface area contributed by atoms with Crippen LogP contribution in [0.2, 0.25) is 0 Å². The van der Waals surface area contributed by atoms with Crippen LogP contribution in [0.25, 0.3) is 0 Å². The topological polar surface area (TPSA) is 503 Å². The maximum absolute atomic E-state index is 10.8. The van der Waals surface area contributed by atoms with Gasteiger partial charge in [-0.1, -0.05) is 117 Å². The summed E-state index contributed by atoms with van der Waals surface area (Å²) in [5, 5.41) is 185. The van der Waals surface area contributed by atoms with Gasteiger partial charge in [0.1, 0.15) is 85.5 Å². The normalized spacial score (nSPS) is 27.2. The molecular weight excluding hydrogens is 1380 g/mol. The summed E-state index contributed by atoms with van der Waals surface area (Å²) in [6.45, 7) is 3.81. The molecule has 104 heavy (non-hydrogen) atoms. The second-order valence-corrected chi connectivity index (χ2v) is 27.0. The molecule has 0 aromatic rings. The van der Waals surface area contributed by atoms with Crippen molar-refractivity contribution in [1.29, 1.82) is 0 Å². The third-order valence-corrected chi connectivity index (χ3v) is 18.1. The number of hydrogen-bond acceptors (Lipinski definition) is 33. The minimum atomic E-state index is -2.12. The summed E-state index contributed by atoms with van der Waals surface area (Å²) >= 11 is 0. The number of aliphatic hydroxyl groups is 18. The van der Waals surface area contributed by atoms with Crippen molar-refractivity contribution in [3.05, 3.63) is 23.0 Å². The molecule has 0 saturated carbocycles. The Labute approximate surface area is 613 Å². The monoisotopic (exact) mass is 1510 g/mol. The van der Waals surface area contributed by atoms with Gasteiger partial charge in [-0.3, -0.25) is 0 Å². The molecule has 19 atom stereocenters. The van der Waals surface area contributed by atoms with Crippen LogP contribution < -0.4 is 0 Å². The molecule has 0 spiro atoms. The van der Waals surface area contributed by atoms with Gasteiger partial charge in [0.05, 0.1) is 78.1 Å². The Hall–Kier alpha value is -2.48. The standard InChI is InChI=1S/C71H134O33/c1-4-7-10-13-16-19-30-91-44-71(45-92-31-20-17-14-11-8-5-2,46-93-32-21-18-15-12-9-6-3)47-101-70-65(96-36-25-40-100-69-62(87)58(83)56(81)51(42-75)103-69)64(95-35-24-39-99-68-61(86)57(82)55(80)50(41-74)102-68)63(94-34-23-38-98-67(89)60(85)54(79)49(77)27-29-73)52(104-70)43-90-33-22-37-97-66(88)59(84)53(78)48(76)26-28-72/h48-52,55-58,61-70,72-89H,4-47H2,1-3H3/b59-53+,60-54+/t48-,49-,50?,51?,52?,55-,56-,57?,58+,61?,62?,63-,64?,65?,66+,67+,68-,69-,70-/m1/s1. The van der Waals surface area contributed by atoms with E-state index in [-0.39, 0.29) is 124 Å². The quantitative estimate of drug-likeness (QED) is 0.0235. The highest BCUT2D eigenvalue weighted by molar-refractivity contribution is 5.07. The van der Waals surface area contributed by atoms with Gasteiger partial charge in [0.2, 0.25) is 12.6 Å². The maximum Gasteiger partial charge on any atom is 0.217 e. The Balaban J connectivity index is 2.20. The molecule has 3 aliphatic rings. The van der Waals surface area contributed by atoms with E-state index in [0.717, 1.165) is 116 Å². The minimum Gasteiger partial charge on any atom is -0.506 e. The fraction of sp³-hybridized carbons (Fsp3) is 0.944. The van der Waals surface area contributed by atoms with E-state index in [2.05, 4.69) is 20.8 Å². The van der Waals surface area contributed by atoms with Gasteiger partial charge in [0.25, 0.3) is 0 Å². The lowest BCUT2D eigenvalue weighted by molar-refractivity contribution is -0.331. The Kier molecular flexibility index (Phi) is 53.0. The Morgan fingerprint density at radius 3 is 1.08 bits per heavy atom. The highest BCUT2D eigenvalue weighted by Crippen LogP contribution is 2.34. The molecule has 8 unspecified atom stereocenters. The zero-order valence-corrected chi connectivity index (χ0v) is 61.8. The molecule has 3 heterocycles. The van der Waals surface area contributed by atoms with Gasteiger partial charge in [-0.25, -0.2) is 0 Å². The number of unbranched alkanes of at least 4 members (excludes halogenated alkanes) is 15. The Morgan fingerprint density at radius 2 is 0.673 bits per heavy atom.